The van der Waals surface area contributed by atoms with Crippen LogP contribution in [0.2, 0.25) is 5.02 Å². The third-order valence-corrected chi connectivity index (χ3v) is 4.18. The summed E-state index contributed by atoms with van der Waals surface area (Å²) in [5.74, 6) is 1.60. The van der Waals surface area contributed by atoms with Crippen LogP contribution in [0.3, 0.4) is 0 Å². The number of carbonyl (C=O) groups excluding carboxylic acids is 1. The molecule has 0 radical (unpaired) electrons. The molecule has 0 saturated carbocycles. The molecule has 26 heavy (non-hydrogen) atoms. The van der Waals surface area contributed by atoms with E-state index in [1.165, 1.54) is 0 Å². The summed E-state index contributed by atoms with van der Waals surface area (Å²) in [5, 5.41) is 0.645. The lowest BCUT2D eigenvalue weighted by Crippen LogP contribution is -2.37. The molecular formula is C20H25ClN2O3. The second kappa shape index (κ2) is 10.0. The van der Waals surface area contributed by atoms with Crippen molar-refractivity contribution in [3.05, 3.63) is 59.1 Å². The van der Waals surface area contributed by atoms with Crippen LogP contribution < -0.4 is 9.47 Å². The maximum absolute atomic E-state index is 12.4. The van der Waals surface area contributed by atoms with Gasteiger partial charge in [0.25, 0.3) is 0 Å². The number of halogens is 1. The fraction of sp³-hybridized carbons (Fsp3) is 0.350. The average molecular weight is 377 g/mol. The number of benzene rings is 2. The summed E-state index contributed by atoms with van der Waals surface area (Å²) in [6.45, 7) is 2.04. The molecule has 0 fully saturated rings. The fourth-order valence-corrected chi connectivity index (χ4v) is 2.58. The fourth-order valence-electron chi connectivity index (χ4n) is 2.40. The molecule has 0 N–H and O–H groups in total. The zero-order valence-corrected chi connectivity index (χ0v) is 16.2. The van der Waals surface area contributed by atoms with Crippen LogP contribution in [-0.4, -0.2) is 56.6 Å². The molecule has 0 aliphatic heterocycles. The van der Waals surface area contributed by atoms with Crippen LogP contribution in [0, 0.1) is 0 Å². The van der Waals surface area contributed by atoms with Crippen molar-refractivity contribution < 1.29 is 14.3 Å². The number of methoxy groups -OCH3 is 1. The van der Waals surface area contributed by atoms with Crippen LogP contribution in [0.25, 0.3) is 0 Å². The lowest BCUT2D eigenvalue weighted by molar-refractivity contribution is -0.131. The van der Waals surface area contributed by atoms with Gasteiger partial charge in [0, 0.05) is 25.2 Å². The van der Waals surface area contributed by atoms with Crippen molar-refractivity contribution >= 4 is 17.5 Å². The van der Waals surface area contributed by atoms with Crippen LogP contribution in [0.1, 0.15) is 5.56 Å². The zero-order chi connectivity index (χ0) is 18.9. The smallest absolute Gasteiger partial charge is 0.236 e. The summed E-state index contributed by atoms with van der Waals surface area (Å²) in [4.78, 5) is 16.0. The number of hydrogen-bond donors (Lipinski definition) is 0. The summed E-state index contributed by atoms with van der Waals surface area (Å²) in [5.41, 5.74) is 1.06. The quantitative estimate of drug-likeness (QED) is 0.673. The molecule has 0 spiro atoms. The maximum Gasteiger partial charge on any atom is 0.236 e. The molecule has 0 saturated heterocycles. The zero-order valence-electron chi connectivity index (χ0n) is 15.4. The Kier molecular flexibility index (Phi) is 7.75. The molecule has 6 heteroatoms. The Balaban J connectivity index is 1.72. The first-order valence-corrected chi connectivity index (χ1v) is 8.79. The number of nitrogens with zero attached hydrogens (tertiary/aromatic N) is 2. The van der Waals surface area contributed by atoms with E-state index < -0.39 is 0 Å². The third kappa shape index (κ3) is 6.58. The van der Waals surface area contributed by atoms with Gasteiger partial charge >= 0.3 is 0 Å². The van der Waals surface area contributed by atoms with E-state index in [0.29, 0.717) is 31.3 Å². The Morgan fingerprint density at radius 3 is 2.46 bits per heavy atom. The van der Waals surface area contributed by atoms with Crippen molar-refractivity contribution in [2.24, 2.45) is 0 Å². The van der Waals surface area contributed by atoms with Crippen LogP contribution in [-0.2, 0) is 11.3 Å². The lowest BCUT2D eigenvalue weighted by atomic mass is 10.2. The van der Waals surface area contributed by atoms with E-state index in [-0.39, 0.29) is 5.91 Å². The van der Waals surface area contributed by atoms with Gasteiger partial charge in [0.05, 0.1) is 13.7 Å². The van der Waals surface area contributed by atoms with Gasteiger partial charge in [-0.05, 0) is 42.9 Å². The Morgan fingerprint density at radius 1 is 1.08 bits per heavy atom. The molecule has 0 unspecified atom stereocenters. The summed E-state index contributed by atoms with van der Waals surface area (Å²) < 4.78 is 10.8. The van der Waals surface area contributed by atoms with Crippen molar-refractivity contribution in [1.29, 1.82) is 0 Å². The molecule has 0 atom stereocenters. The molecule has 2 rings (SSSR count). The highest BCUT2D eigenvalue weighted by Crippen LogP contribution is 2.17. The number of carbonyl (C=O) groups is 1. The van der Waals surface area contributed by atoms with Crippen molar-refractivity contribution in [2.45, 2.75) is 6.54 Å². The SMILES string of the molecule is COc1ccc(CN(C)C(=O)CN(C)CCOc2cccc(Cl)c2)cc1. The summed E-state index contributed by atoms with van der Waals surface area (Å²) in [6, 6.07) is 15.0. The van der Waals surface area contributed by atoms with Crippen molar-refractivity contribution in [3.63, 3.8) is 0 Å². The van der Waals surface area contributed by atoms with Gasteiger partial charge in [0.15, 0.2) is 0 Å². The minimum Gasteiger partial charge on any atom is -0.497 e. The second-order valence-corrected chi connectivity index (χ2v) is 6.58. The Labute approximate surface area is 160 Å². The van der Waals surface area contributed by atoms with Crippen molar-refractivity contribution in [3.8, 4) is 11.5 Å². The lowest BCUT2D eigenvalue weighted by Gasteiger charge is -2.22. The molecule has 140 valence electrons. The van der Waals surface area contributed by atoms with Gasteiger partial charge in [-0.2, -0.15) is 0 Å². The van der Waals surface area contributed by atoms with Gasteiger partial charge in [0.2, 0.25) is 5.91 Å². The molecule has 0 bridgehead atoms. The van der Waals surface area contributed by atoms with Gasteiger partial charge in [-0.3, -0.25) is 9.69 Å². The largest absolute Gasteiger partial charge is 0.497 e. The monoisotopic (exact) mass is 376 g/mol. The molecule has 2 aromatic rings. The minimum atomic E-state index is 0.0612. The van der Waals surface area contributed by atoms with E-state index in [9.17, 15) is 4.79 Å². The first-order valence-electron chi connectivity index (χ1n) is 8.41. The minimum absolute atomic E-state index is 0.0612. The normalized spacial score (nSPS) is 10.7. The first-order chi connectivity index (χ1) is 12.5. The Morgan fingerprint density at radius 2 is 1.81 bits per heavy atom. The number of amides is 1. The summed E-state index contributed by atoms with van der Waals surface area (Å²) in [7, 11) is 5.35. The van der Waals surface area contributed by atoms with Crippen LogP contribution >= 0.6 is 11.6 Å². The second-order valence-electron chi connectivity index (χ2n) is 6.14. The molecule has 0 aliphatic carbocycles. The van der Waals surface area contributed by atoms with Gasteiger partial charge in [0.1, 0.15) is 18.1 Å². The maximum atomic E-state index is 12.4. The first kappa shape index (κ1) is 20.1. The Hall–Kier alpha value is -2.24. The van der Waals surface area contributed by atoms with E-state index in [0.717, 1.165) is 17.1 Å². The molecule has 0 aromatic heterocycles. The number of hydrogen-bond acceptors (Lipinski definition) is 4. The molecule has 0 aliphatic rings. The van der Waals surface area contributed by atoms with Crippen molar-refractivity contribution in [1.82, 2.24) is 9.80 Å². The van der Waals surface area contributed by atoms with Gasteiger partial charge in [-0.1, -0.05) is 29.8 Å². The number of rotatable bonds is 9. The van der Waals surface area contributed by atoms with Crippen LogP contribution in [0.5, 0.6) is 11.5 Å². The van der Waals surface area contributed by atoms with Crippen LogP contribution in [0.4, 0.5) is 0 Å². The molecular weight excluding hydrogens is 352 g/mol. The van der Waals surface area contributed by atoms with E-state index in [1.54, 1.807) is 24.1 Å². The summed E-state index contributed by atoms with van der Waals surface area (Å²) in [6.07, 6.45) is 0. The highest BCUT2D eigenvalue weighted by Gasteiger charge is 2.12. The van der Waals surface area contributed by atoms with E-state index >= 15 is 0 Å². The van der Waals surface area contributed by atoms with E-state index in [1.807, 2.05) is 55.4 Å². The molecule has 0 heterocycles. The predicted octanol–water partition coefficient (Wildman–Crippen LogP) is 3.32. The topological polar surface area (TPSA) is 42.0 Å². The van der Waals surface area contributed by atoms with Gasteiger partial charge in [-0.15, -0.1) is 0 Å². The van der Waals surface area contributed by atoms with E-state index in [2.05, 4.69) is 0 Å². The predicted molar refractivity (Wildman–Crippen MR) is 104 cm³/mol. The third-order valence-electron chi connectivity index (χ3n) is 3.95. The standard InChI is InChI=1S/C20H25ClN2O3/c1-22(11-12-26-19-6-4-5-17(21)13-19)15-20(24)23(2)14-16-7-9-18(25-3)10-8-16/h4-10,13H,11-12,14-15H2,1-3H3. The summed E-state index contributed by atoms with van der Waals surface area (Å²) >= 11 is 5.93. The number of ether oxygens (including phenoxy) is 2. The molecule has 2 aromatic carbocycles. The van der Waals surface area contributed by atoms with Gasteiger partial charge in [-0.25, -0.2) is 0 Å². The van der Waals surface area contributed by atoms with Crippen LogP contribution in [0.15, 0.2) is 48.5 Å². The highest BCUT2D eigenvalue weighted by atomic mass is 35.5. The van der Waals surface area contributed by atoms with Gasteiger partial charge < -0.3 is 14.4 Å². The molecule has 1 amide bonds. The Bertz CT molecular complexity index is 706. The highest BCUT2D eigenvalue weighted by molar-refractivity contribution is 6.30. The van der Waals surface area contributed by atoms with E-state index in [4.69, 9.17) is 21.1 Å². The number of likely N-dealkylation sites (N-methyl/N-ethyl adjacent to an activating group) is 2. The molecule has 5 nitrogen and oxygen atoms in total. The average Bonchev–Trinajstić information content (AvgIpc) is 2.62. The van der Waals surface area contributed by atoms with Crippen molar-refractivity contribution in [2.75, 3.05) is 40.9 Å².